The molecule has 35 heavy (non-hydrogen) atoms. The molecule has 5 rings (SSSR count). The summed E-state index contributed by atoms with van der Waals surface area (Å²) in [6, 6.07) is 10.6. The summed E-state index contributed by atoms with van der Waals surface area (Å²) < 4.78 is 31.3. The molecule has 8 nitrogen and oxygen atoms in total. The Kier molecular flexibility index (Phi) is 5.98. The summed E-state index contributed by atoms with van der Waals surface area (Å²) >= 11 is 0. The van der Waals surface area contributed by atoms with Gasteiger partial charge in [-0.2, -0.15) is 14.9 Å². The van der Waals surface area contributed by atoms with Gasteiger partial charge in [0.1, 0.15) is 5.69 Å². The Morgan fingerprint density at radius 3 is 2.57 bits per heavy atom. The first kappa shape index (κ1) is 23.0. The second-order valence-corrected chi connectivity index (χ2v) is 9.07. The molecule has 0 saturated carbocycles. The molecule has 3 N–H and O–H groups in total. The van der Waals surface area contributed by atoms with Crippen molar-refractivity contribution in [1.29, 1.82) is 0 Å². The smallest absolute Gasteiger partial charge is 0.271 e. The number of hydrogen-bond donors (Lipinski definition) is 2. The maximum atomic E-state index is 14.3. The van der Waals surface area contributed by atoms with Crippen LogP contribution in [0.5, 0.6) is 0 Å². The van der Waals surface area contributed by atoms with E-state index < -0.39 is 22.9 Å². The Bertz CT molecular complexity index is 1430. The predicted octanol–water partition coefficient (Wildman–Crippen LogP) is 3.59. The Balaban J connectivity index is 1.50. The molecule has 2 aromatic carbocycles. The summed E-state index contributed by atoms with van der Waals surface area (Å²) in [5.74, 6) is -1.71. The lowest BCUT2D eigenvalue weighted by Gasteiger charge is -2.24. The molecular weight excluding hydrogens is 452 g/mol. The molecule has 10 heteroatoms. The van der Waals surface area contributed by atoms with E-state index in [1.807, 2.05) is 23.0 Å². The Hall–Kier alpha value is -3.79. The third-order valence-electron chi connectivity index (χ3n) is 6.25. The Morgan fingerprint density at radius 1 is 1.11 bits per heavy atom. The summed E-state index contributed by atoms with van der Waals surface area (Å²) in [7, 11) is 0. The van der Waals surface area contributed by atoms with Crippen LogP contribution in [0.1, 0.15) is 32.0 Å². The molecule has 0 aliphatic carbocycles. The zero-order valence-electron chi connectivity index (χ0n) is 19.6. The summed E-state index contributed by atoms with van der Waals surface area (Å²) in [5.41, 5.74) is 8.45. The van der Waals surface area contributed by atoms with E-state index >= 15 is 0 Å². The van der Waals surface area contributed by atoms with Crippen LogP contribution in [0.15, 0.2) is 53.5 Å². The van der Waals surface area contributed by atoms with Gasteiger partial charge in [-0.3, -0.25) is 9.48 Å². The first-order chi connectivity index (χ1) is 16.8. The lowest BCUT2D eigenvalue weighted by Crippen LogP contribution is -2.27. The molecule has 4 aromatic rings. The van der Waals surface area contributed by atoms with Gasteiger partial charge < -0.3 is 16.0 Å². The highest BCUT2D eigenvalue weighted by Gasteiger charge is 2.25. The van der Waals surface area contributed by atoms with E-state index in [1.54, 1.807) is 6.07 Å². The van der Waals surface area contributed by atoms with E-state index in [0.717, 1.165) is 58.6 Å². The van der Waals surface area contributed by atoms with E-state index in [-0.39, 0.29) is 18.6 Å². The number of nitrogens with one attached hydrogen (secondary N) is 1. The largest absolute Gasteiger partial charge is 0.378 e. The minimum Gasteiger partial charge on any atom is -0.378 e. The van der Waals surface area contributed by atoms with Gasteiger partial charge in [0.25, 0.3) is 5.56 Å². The molecule has 182 valence electrons. The van der Waals surface area contributed by atoms with E-state index in [2.05, 4.69) is 34.3 Å². The fraction of sp³-hybridized carbons (Fsp3) is 0.320. The first-order valence-corrected chi connectivity index (χ1v) is 11.6. The molecule has 0 spiro atoms. The minimum atomic E-state index is -0.856. The monoisotopic (exact) mass is 479 g/mol. The van der Waals surface area contributed by atoms with Gasteiger partial charge in [0.2, 0.25) is 0 Å². The zero-order chi connectivity index (χ0) is 24.7. The summed E-state index contributed by atoms with van der Waals surface area (Å²) in [5, 5.41) is 13.2. The fourth-order valence-electron chi connectivity index (χ4n) is 4.57. The van der Waals surface area contributed by atoms with E-state index in [4.69, 9.17) is 5.73 Å². The van der Waals surface area contributed by atoms with Crippen LogP contribution in [0, 0.1) is 11.6 Å². The van der Waals surface area contributed by atoms with Crippen LogP contribution in [0.4, 0.5) is 20.2 Å². The number of rotatable bonds is 6. The summed E-state index contributed by atoms with van der Waals surface area (Å²) in [6.07, 6.45) is 2.77. The normalized spacial score (nSPS) is 15.9. The molecule has 0 unspecified atom stereocenters. The van der Waals surface area contributed by atoms with Gasteiger partial charge in [-0.05, 0) is 50.6 Å². The third-order valence-corrected chi connectivity index (χ3v) is 6.25. The number of anilines is 2. The average Bonchev–Trinajstić information content (AvgIpc) is 3.45. The van der Waals surface area contributed by atoms with Crippen molar-refractivity contribution in [2.24, 2.45) is 5.73 Å². The number of aromatic nitrogens is 4. The lowest BCUT2D eigenvalue weighted by atomic mass is 10.1. The van der Waals surface area contributed by atoms with E-state index in [0.29, 0.717) is 5.69 Å². The van der Waals surface area contributed by atoms with E-state index in [9.17, 15) is 13.6 Å². The molecule has 1 aliphatic rings. The first-order valence-electron chi connectivity index (χ1n) is 11.6. The average molecular weight is 480 g/mol. The quantitative estimate of drug-likeness (QED) is 0.439. The van der Waals surface area contributed by atoms with Crippen LogP contribution < -0.4 is 21.5 Å². The maximum absolute atomic E-state index is 14.3. The number of nitrogens with zero attached hydrogens (tertiary/aromatic N) is 5. The van der Waals surface area contributed by atoms with Crippen molar-refractivity contribution in [3.05, 3.63) is 76.3 Å². The van der Waals surface area contributed by atoms with Gasteiger partial charge in [-0.15, -0.1) is 0 Å². The standard InChI is InChI=1S/C25H27F2N7O/c1-15(2)33-22-8-7-21(24(18(22)13-30-33)32-11-10-16(28)14-32)29-12-17-6-9-23(35)34(31-17)25-19(26)4-3-5-20(25)27/h3-9,13,15-16,29H,10-12,14,28H2,1-2H3/t16-/m0/s1. The molecule has 0 bridgehead atoms. The number of fused-ring (bicyclic) bond motifs is 1. The molecule has 1 fully saturated rings. The SMILES string of the molecule is CC(C)n1ncc2c(N3CC[C@H](N)C3)c(NCc3ccc(=O)n(-c4c(F)cccc4F)n3)ccc21. The lowest BCUT2D eigenvalue weighted by molar-refractivity contribution is 0.551. The van der Waals surface area contributed by atoms with Crippen molar-refractivity contribution in [1.82, 2.24) is 19.6 Å². The number of para-hydroxylation sites is 1. The summed E-state index contributed by atoms with van der Waals surface area (Å²) in [6.45, 7) is 5.98. The molecule has 0 radical (unpaired) electrons. The number of halogens is 2. The second-order valence-electron chi connectivity index (χ2n) is 9.07. The van der Waals surface area contributed by atoms with Gasteiger partial charge in [0.05, 0.1) is 35.3 Å². The third kappa shape index (κ3) is 4.25. The second kappa shape index (κ2) is 9.10. The fourth-order valence-corrected chi connectivity index (χ4v) is 4.57. The molecule has 1 saturated heterocycles. The maximum Gasteiger partial charge on any atom is 0.271 e. The van der Waals surface area contributed by atoms with Gasteiger partial charge in [-0.25, -0.2) is 8.78 Å². The Morgan fingerprint density at radius 2 is 1.89 bits per heavy atom. The van der Waals surface area contributed by atoms with Gasteiger partial charge >= 0.3 is 0 Å². The van der Waals surface area contributed by atoms with Crippen molar-refractivity contribution in [3.63, 3.8) is 0 Å². The van der Waals surface area contributed by atoms with Crippen molar-refractivity contribution >= 4 is 22.3 Å². The van der Waals surface area contributed by atoms with Gasteiger partial charge in [0.15, 0.2) is 11.6 Å². The number of benzene rings is 2. The Labute approximate surface area is 201 Å². The molecule has 3 heterocycles. The molecule has 1 aliphatic heterocycles. The van der Waals surface area contributed by atoms with Crippen molar-refractivity contribution in [2.75, 3.05) is 23.3 Å². The highest BCUT2D eigenvalue weighted by atomic mass is 19.1. The summed E-state index contributed by atoms with van der Waals surface area (Å²) in [4.78, 5) is 14.6. The van der Waals surface area contributed by atoms with Crippen LogP contribution in [0.2, 0.25) is 0 Å². The molecule has 1 atom stereocenters. The van der Waals surface area contributed by atoms with Crippen LogP contribution in [-0.4, -0.2) is 38.7 Å². The number of nitrogens with two attached hydrogens (primary N) is 1. The van der Waals surface area contributed by atoms with Gasteiger partial charge in [0, 0.05) is 36.6 Å². The zero-order valence-corrected chi connectivity index (χ0v) is 19.6. The predicted molar refractivity (Wildman–Crippen MR) is 132 cm³/mol. The van der Waals surface area contributed by atoms with Crippen molar-refractivity contribution in [2.45, 2.75) is 38.9 Å². The molecular formula is C25H27F2N7O. The molecule has 2 aromatic heterocycles. The topological polar surface area (TPSA) is 94.0 Å². The molecule has 0 amide bonds. The van der Waals surface area contributed by atoms with Gasteiger partial charge in [-0.1, -0.05) is 6.07 Å². The van der Waals surface area contributed by atoms with E-state index in [1.165, 1.54) is 12.1 Å². The highest BCUT2D eigenvalue weighted by Crippen LogP contribution is 2.37. The van der Waals surface area contributed by atoms with Crippen LogP contribution in [0.25, 0.3) is 16.6 Å². The van der Waals surface area contributed by atoms with Crippen LogP contribution in [0.3, 0.4) is 0 Å². The minimum absolute atomic E-state index is 0.0964. The van der Waals surface area contributed by atoms with Crippen LogP contribution in [-0.2, 0) is 6.54 Å². The van der Waals surface area contributed by atoms with Crippen molar-refractivity contribution in [3.8, 4) is 5.69 Å². The number of hydrogen-bond acceptors (Lipinski definition) is 6. The highest BCUT2D eigenvalue weighted by molar-refractivity contribution is 5.99. The van der Waals surface area contributed by atoms with Crippen molar-refractivity contribution < 1.29 is 8.78 Å². The van der Waals surface area contributed by atoms with Crippen LogP contribution >= 0.6 is 0 Å².